The summed E-state index contributed by atoms with van der Waals surface area (Å²) in [6, 6.07) is 0.343. The van der Waals surface area contributed by atoms with Crippen LogP contribution in [0.2, 0.25) is 0 Å². The Morgan fingerprint density at radius 2 is 2.28 bits per heavy atom. The highest BCUT2D eigenvalue weighted by Gasteiger charge is 2.28. The molecule has 5 nitrogen and oxygen atoms in total. The average Bonchev–Trinajstić information content (AvgIpc) is 2.59. The predicted octanol–water partition coefficient (Wildman–Crippen LogP) is 2.22. The van der Waals surface area contributed by atoms with Crippen molar-refractivity contribution in [2.75, 3.05) is 0 Å². The summed E-state index contributed by atoms with van der Waals surface area (Å²) in [5, 5.41) is 17.2. The lowest BCUT2D eigenvalue weighted by atomic mass is 9.80. The summed E-state index contributed by atoms with van der Waals surface area (Å²) < 4.78 is 1.96. The van der Waals surface area contributed by atoms with Gasteiger partial charge in [0.05, 0.1) is 23.9 Å². The number of nitrogens with zero attached hydrogens (tertiary/aromatic N) is 3. The van der Waals surface area contributed by atoms with Gasteiger partial charge in [0.15, 0.2) is 0 Å². The van der Waals surface area contributed by atoms with Crippen LogP contribution >= 0.6 is 0 Å². The Balaban J connectivity index is 2.22. The summed E-state index contributed by atoms with van der Waals surface area (Å²) >= 11 is 0. The molecule has 1 fully saturated rings. The van der Waals surface area contributed by atoms with E-state index in [9.17, 15) is 4.79 Å². The Labute approximate surface area is 107 Å². The Hall–Kier alpha value is -1.39. The first kappa shape index (κ1) is 13.1. The fraction of sp³-hybridized carbons (Fsp3) is 0.769. The van der Waals surface area contributed by atoms with Gasteiger partial charge in [0.2, 0.25) is 0 Å². The summed E-state index contributed by atoms with van der Waals surface area (Å²) in [5.74, 6) is -0.157. The van der Waals surface area contributed by atoms with E-state index in [0.717, 1.165) is 18.5 Å². The molecule has 1 saturated carbocycles. The first-order chi connectivity index (χ1) is 8.63. The van der Waals surface area contributed by atoms with Crippen molar-refractivity contribution in [2.45, 2.75) is 58.4 Å². The molecule has 0 bridgehead atoms. The molecule has 100 valence electrons. The third-order valence-electron chi connectivity index (χ3n) is 3.89. The molecule has 1 aliphatic carbocycles. The molecule has 18 heavy (non-hydrogen) atoms. The van der Waals surface area contributed by atoms with Crippen molar-refractivity contribution in [1.82, 2.24) is 15.0 Å². The highest BCUT2D eigenvalue weighted by molar-refractivity contribution is 5.69. The first-order valence-corrected chi connectivity index (χ1v) is 6.78. The summed E-state index contributed by atoms with van der Waals surface area (Å²) in [6.45, 7) is 4.26. The van der Waals surface area contributed by atoms with Crippen molar-refractivity contribution < 1.29 is 9.90 Å². The van der Waals surface area contributed by atoms with Crippen molar-refractivity contribution >= 4 is 5.97 Å². The zero-order valence-electron chi connectivity index (χ0n) is 11.1. The Kier molecular flexibility index (Phi) is 3.99. The molecule has 1 aromatic rings. The quantitative estimate of drug-likeness (QED) is 0.841. The molecule has 1 unspecified atom stereocenters. The maximum atomic E-state index is 10.8. The van der Waals surface area contributed by atoms with Crippen LogP contribution in [0.1, 0.15) is 57.0 Å². The van der Waals surface area contributed by atoms with E-state index in [0.29, 0.717) is 17.7 Å². The first-order valence-electron chi connectivity index (χ1n) is 6.78. The molecule has 5 heteroatoms. The van der Waals surface area contributed by atoms with Gasteiger partial charge in [0.1, 0.15) is 0 Å². The minimum absolute atomic E-state index is 0.0211. The largest absolute Gasteiger partial charge is 0.481 e. The number of aliphatic carboxylic acids is 1. The van der Waals surface area contributed by atoms with Crippen LogP contribution < -0.4 is 0 Å². The fourth-order valence-electron chi connectivity index (χ4n) is 2.57. The van der Waals surface area contributed by atoms with Gasteiger partial charge >= 0.3 is 5.97 Å². The van der Waals surface area contributed by atoms with Crippen LogP contribution in [0.5, 0.6) is 0 Å². The third-order valence-corrected chi connectivity index (χ3v) is 3.89. The van der Waals surface area contributed by atoms with Gasteiger partial charge in [-0.05, 0) is 32.1 Å². The van der Waals surface area contributed by atoms with Gasteiger partial charge in [-0.15, -0.1) is 5.10 Å². The summed E-state index contributed by atoms with van der Waals surface area (Å²) in [5.41, 5.74) is 1.65. The van der Waals surface area contributed by atoms with Crippen molar-refractivity contribution in [2.24, 2.45) is 5.92 Å². The number of carbonyl (C=O) groups is 1. The molecule has 1 aromatic heterocycles. The average molecular weight is 251 g/mol. The number of hydrogen-bond donors (Lipinski definition) is 1. The second-order valence-electron chi connectivity index (χ2n) is 5.18. The molecule has 1 heterocycles. The Bertz CT molecular complexity index is 424. The third kappa shape index (κ3) is 2.54. The highest BCUT2D eigenvalue weighted by atomic mass is 16.4. The molecule has 1 atom stereocenters. The predicted molar refractivity (Wildman–Crippen MR) is 67.4 cm³/mol. The molecule has 0 aromatic carbocycles. The van der Waals surface area contributed by atoms with Crippen molar-refractivity contribution in [3.8, 4) is 0 Å². The zero-order chi connectivity index (χ0) is 13.1. The van der Waals surface area contributed by atoms with Gasteiger partial charge < -0.3 is 5.11 Å². The maximum absolute atomic E-state index is 10.8. The van der Waals surface area contributed by atoms with Gasteiger partial charge in [0, 0.05) is 0 Å². The Morgan fingerprint density at radius 1 is 1.56 bits per heavy atom. The second kappa shape index (κ2) is 5.50. The zero-order valence-corrected chi connectivity index (χ0v) is 11.1. The molecule has 0 aliphatic heterocycles. The minimum Gasteiger partial charge on any atom is -0.481 e. The van der Waals surface area contributed by atoms with E-state index in [1.54, 1.807) is 0 Å². The van der Waals surface area contributed by atoms with Crippen LogP contribution in [0.15, 0.2) is 0 Å². The lowest BCUT2D eigenvalue weighted by Gasteiger charge is -2.32. The molecule has 1 N–H and O–H groups in total. The van der Waals surface area contributed by atoms with Gasteiger partial charge in [-0.1, -0.05) is 25.0 Å². The molecular formula is C13H21N3O2. The number of aromatic nitrogens is 3. The number of carboxylic acids is 1. The molecule has 0 radical (unpaired) electrons. The minimum atomic E-state index is -0.837. The number of hydrogen-bond acceptors (Lipinski definition) is 3. The van der Waals surface area contributed by atoms with Crippen molar-refractivity contribution in [3.05, 3.63) is 11.4 Å². The summed E-state index contributed by atoms with van der Waals surface area (Å²) in [4.78, 5) is 10.8. The molecule has 0 amide bonds. The van der Waals surface area contributed by atoms with E-state index in [2.05, 4.69) is 24.2 Å². The van der Waals surface area contributed by atoms with Crippen molar-refractivity contribution in [1.29, 1.82) is 0 Å². The van der Waals surface area contributed by atoms with E-state index < -0.39 is 5.97 Å². The summed E-state index contributed by atoms with van der Waals surface area (Å²) in [6.07, 6.45) is 5.62. The lowest BCUT2D eigenvalue weighted by Crippen LogP contribution is -2.25. The van der Waals surface area contributed by atoms with Crippen LogP contribution in [0.3, 0.4) is 0 Å². The van der Waals surface area contributed by atoms with E-state index >= 15 is 0 Å². The summed E-state index contributed by atoms with van der Waals surface area (Å²) in [7, 11) is 0. The van der Waals surface area contributed by atoms with E-state index in [1.807, 2.05) is 4.68 Å². The maximum Gasteiger partial charge on any atom is 0.309 e. The van der Waals surface area contributed by atoms with Crippen LogP contribution in [-0.4, -0.2) is 26.1 Å². The van der Waals surface area contributed by atoms with E-state index in [4.69, 9.17) is 5.11 Å². The SMILES string of the molecule is CCCc1c(CC(=O)O)nnn1C(C)C1CCC1. The molecular weight excluding hydrogens is 230 g/mol. The standard InChI is InChI=1S/C13H21N3O2/c1-3-5-12-11(8-13(17)18)14-15-16(12)9(2)10-6-4-7-10/h9-10H,3-8H2,1-2H3,(H,17,18). The normalized spacial score (nSPS) is 17.4. The molecule has 1 aliphatic rings. The smallest absolute Gasteiger partial charge is 0.309 e. The van der Waals surface area contributed by atoms with Gasteiger partial charge in [-0.25, -0.2) is 4.68 Å². The second-order valence-corrected chi connectivity index (χ2v) is 5.18. The molecule has 2 rings (SSSR count). The van der Waals surface area contributed by atoms with Crippen LogP contribution in [0.25, 0.3) is 0 Å². The number of carboxylic acid groups (broad SMARTS) is 1. The van der Waals surface area contributed by atoms with Crippen LogP contribution in [-0.2, 0) is 17.6 Å². The number of rotatable bonds is 6. The highest BCUT2D eigenvalue weighted by Crippen LogP contribution is 2.36. The lowest BCUT2D eigenvalue weighted by molar-refractivity contribution is -0.136. The van der Waals surface area contributed by atoms with E-state index in [-0.39, 0.29) is 6.42 Å². The van der Waals surface area contributed by atoms with Gasteiger partial charge in [0.25, 0.3) is 0 Å². The van der Waals surface area contributed by atoms with Gasteiger partial charge in [-0.2, -0.15) is 0 Å². The molecule has 0 spiro atoms. The van der Waals surface area contributed by atoms with E-state index in [1.165, 1.54) is 19.3 Å². The van der Waals surface area contributed by atoms with Gasteiger partial charge in [-0.3, -0.25) is 4.79 Å². The van der Waals surface area contributed by atoms with Crippen LogP contribution in [0.4, 0.5) is 0 Å². The topological polar surface area (TPSA) is 68.0 Å². The van der Waals surface area contributed by atoms with Crippen molar-refractivity contribution in [3.63, 3.8) is 0 Å². The monoisotopic (exact) mass is 251 g/mol. The fourth-order valence-corrected chi connectivity index (χ4v) is 2.57. The van der Waals surface area contributed by atoms with Crippen LogP contribution in [0, 0.1) is 5.92 Å². The Morgan fingerprint density at radius 3 is 2.78 bits per heavy atom. The molecule has 0 saturated heterocycles.